The Kier molecular flexibility index (Phi) is 6.94. The first-order chi connectivity index (χ1) is 23.3. The fraction of sp³-hybridized carbons (Fsp3) is 0.171. The molecule has 1 N–H and O–H groups in total. The number of nitrogens with one attached hydrogen (secondary N) is 1. The molecule has 4 aromatic rings. The summed E-state index contributed by atoms with van der Waals surface area (Å²) in [5.74, 6) is 0.711. The standard InChI is InChI=1S/C41H34N6/c1-2-10-27(11-3-1)28-16-22-31(23-17-28)41-44-35(26-36(45-41)34-14-6-8-24-42-34)29-18-20-30(21-19-29)38-40-39(32-12-4-5-13-33(32)43-38)46-37-15-7-9-25-47(37)40/h1-4,6-12,15-26,34,37,39-40,46H,5,13-14H2. The molecule has 9 rings (SSSR count). The molecule has 1 fully saturated rings. The molecular weight excluding hydrogens is 576 g/mol. The van der Waals surface area contributed by atoms with Crippen LogP contribution >= 0.6 is 0 Å². The van der Waals surface area contributed by atoms with Crippen molar-refractivity contribution in [2.45, 2.75) is 43.6 Å². The molecule has 0 saturated carbocycles. The third kappa shape index (κ3) is 5.11. The smallest absolute Gasteiger partial charge is 0.160 e. The van der Waals surface area contributed by atoms with E-state index in [9.17, 15) is 0 Å². The Morgan fingerprint density at radius 2 is 1.53 bits per heavy atom. The van der Waals surface area contributed by atoms with Crippen LogP contribution in [0.15, 0.2) is 155 Å². The van der Waals surface area contributed by atoms with Gasteiger partial charge in [0.1, 0.15) is 0 Å². The van der Waals surface area contributed by atoms with Crippen LogP contribution < -0.4 is 5.32 Å². The van der Waals surface area contributed by atoms with E-state index in [1.165, 1.54) is 22.4 Å². The van der Waals surface area contributed by atoms with Crippen LogP contribution in [0.1, 0.15) is 36.6 Å². The fourth-order valence-electron chi connectivity index (χ4n) is 7.29. The summed E-state index contributed by atoms with van der Waals surface area (Å²) in [7, 11) is 0. The van der Waals surface area contributed by atoms with Crippen molar-refractivity contribution in [3.8, 4) is 33.8 Å². The second-order valence-corrected chi connectivity index (χ2v) is 12.5. The molecule has 3 aromatic carbocycles. The Bertz CT molecular complexity index is 2050. The minimum absolute atomic E-state index is 0.0293. The topological polar surface area (TPSA) is 65.8 Å². The number of hydrogen-bond acceptors (Lipinski definition) is 6. The molecule has 1 aliphatic carbocycles. The van der Waals surface area contributed by atoms with E-state index in [2.05, 4.69) is 132 Å². The molecule has 5 heterocycles. The quantitative estimate of drug-likeness (QED) is 0.249. The normalized spacial score (nSPS) is 23.8. The van der Waals surface area contributed by atoms with E-state index in [-0.39, 0.29) is 24.3 Å². The van der Waals surface area contributed by atoms with Crippen LogP contribution in [0.25, 0.3) is 33.8 Å². The molecule has 1 aromatic heterocycles. The van der Waals surface area contributed by atoms with Gasteiger partial charge in [0, 0.05) is 29.2 Å². The third-order valence-corrected chi connectivity index (χ3v) is 9.68. The molecule has 6 heteroatoms. The predicted octanol–water partition coefficient (Wildman–Crippen LogP) is 8.01. The molecular formula is C41H34N6. The number of dihydropyridines is 1. The lowest BCUT2D eigenvalue weighted by Gasteiger charge is -2.34. The maximum Gasteiger partial charge on any atom is 0.160 e. The van der Waals surface area contributed by atoms with Gasteiger partial charge in [-0.05, 0) is 65.8 Å². The summed E-state index contributed by atoms with van der Waals surface area (Å²) in [5.41, 5.74) is 11.0. The molecule has 4 unspecified atom stereocenters. The molecule has 1 saturated heterocycles. The van der Waals surface area contributed by atoms with Gasteiger partial charge in [0.15, 0.2) is 5.82 Å². The van der Waals surface area contributed by atoms with Crippen LogP contribution in [0, 0.1) is 0 Å². The maximum absolute atomic E-state index is 5.33. The summed E-state index contributed by atoms with van der Waals surface area (Å²) >= 11 is 0. The Morgan fingerprint density at radius 1 is 0.745 bits per heavy atom. The number of fused-ring (bicyclic) bond motifs is 4. The summed E-state index contributed by atoms with van der Waals surface area (Å²) in [6.45, 7) is 0. The van der Waals surface area contributed by atoms with Crippen molar-refractivity contribution in [1.82, 2.24) is 20.2 Å². The van der Waals surface area contributed by atoms with Gasteiger partial charge in [0.2, 0.25) is 0 Å². The maximum atomic E-state index is 5.33. The van der Waals surface area contributed by atoms with Gasteiger partial charge in [-0.2, -0.15) is 0 Å². The first-order valence-electron chi connectivity index (χ1n) is 16.5. The van der Waals surface area contributed by atoms with Gasteiger partial charge >= 0.3 is 0 Å². The highest BCUT2D eigenvalue weighted by molar-refractivity contribution is 6.07. The summed E-state index contributed by atoms with van der Waals surface area (Å²) in [4.78, 5) is 22.6. The predicted molar refractivity (Wildman–Crippen MR) is 190 cm³/mol. The largest absolute Gasteiger partial charge is 0.348 e. The lowest BCUT2D eigenvalue weighted by Crippen LogP contribution is -2.45. The van der Waals surface area contributed by atoms with Crippen molar-refractivity contribution in [2.75, 3.05) is 0 Å². The molecule has 0 bridgehead atoms. The van der Waals surface area contributed by atoms with E-state index < -0.39 is 0 Å². The van der Waals surface area contributed by atoms with Gasteiger partial charge in [0.25, 0.3) is 0 Å². The Balaban J connectivity index is 1.08. The van der Waals surface area contributed by atoms with Gasteiger partial charge in [-0.25, -0.2) is 9.97 Å². The number of benzene rings is 3. The Morgan fingerprint density at radius 3 is 2.36 bits per heavy atom. The van der Waals surface area contributed by atoms with Gasteiger partial charge in [-0.15, -0.1) is 0 Å². The van der Waals surface area contributed by atoms with E-state index in [1.807, 2.05) is 18.4 Å². The highest BCUT2D eigenvalue weighted by Gasteiger charge is 2.46. The minimum Gasteiger partial charge on any atom is -0.348 e. The molecule has 6 nitrogen and oxygen atoms in total. The number of hydrogen-bond donors (Lipinski definition) is 1. The first-order valence-corrected chi connectivity index (χ1v) is 16.5. The monoisotopic (exact) mass is 610 g/mol. The molecule has 0 amide bonds. The van der Waals surface area contributed by atoms with Gasteiger partial charge < -0.3 is 4.90 Å². The lowest BCUT2D eigenvalue weighted by atomic mass is 9.85. The van der Waals surface area contributed by atoms with E-state index in [4.69, 9.17) is 20.0 Å². The van der Waals surface area contributed by atoms with Crippen molar-refractivity contribution in [3.05, 3.63) is 156 Å². The van der Waals surface area contributed by atoms with Gasteiger partial charge in [0.05, 0.1) is 41.4 Å². The summed E-state index contributed by atoms with van der Waals surface area (Å²) in [5, 5.41) is 3.87. The van der Waals surface area contributed by atoms with Gasteiger partial charge in [-0.3, -0.25) is 15.3 Å². The van der Waals surface area contributed by atoms with E-state index in [1.54, 1.807) is 0 Å². The van der Waals surface area contributed by atoms with E-state index in [0.717, 1.165) is 53.1 Å². The number of allylic oxidation sites excluding steroid dienone is 5. The first kappa shape index (κ1) is 27.8. The fourth-order valence-corrected chi connectivity index (χ4v) is 7.29. The number of aromatic nitrogens is 2. The summed E-state index contributed by atoms with van der Waals surface area (Å²) in [6.07, 6.45) is 22.3. The van der Waals surface area contributed by atoms with Crippen molar-refractivity contribution >= 4 is 11.9 Å². The molecule has 5 aliphatic rings. The molecule has 47 heavy (non-hydrogen) atoms. The van der Waals surface area contributed by atoms with Crippen molar-refractivity contribution in [2.24, 2.45) is 9.98 Å². The Hall–Kier alpha value is -5.46. The van der Waals surface area contributed by atoms with Crippen LogP contribution in [-0.4, -0.2) is 45.0 Å². The van der Waals surface area contributed by atoms with Crippen LogP contribution in [0.3, 0.4) is 0 Å². The molecule has 0 radical (unpaired) electrons. The highest BCUT2D eigenvalue weighted by Crippen LogP contribution is 2.38. The third-order valence-electron chi connectivity index (χ3n) is 9.68. The molecule has 0 spiro atoms. The van der Waals surface area contributed by atoms with Crippen LogP contribution in [0.2, 0.25) is 0 Å². The average Bonchev–Trinajstić information content (AvgIpc) is 3.55. The number of aliphatic imine (C=N–C) groups is 2. The van der Waals surface area contributed by atoms with Crippen LogP contribution in [0.5, 0.6) is 0 Å². The van der Waals surface area contributed by atoms with Crippen molar-refractivity contribution in [1.29, 1.82) is 0 Å². The molecule has 228 valence electrons. The zero-order valence-electron chi connectivity index (χ0n) is 25.9. The van der Waals surface area contributed by atoms with E-state index >= 15 is 0 Å². The second-order valence-electron chi connectivity index (χ2n) is 12.5. The van der Waals surface area contributed by atoms with Crippen LogP contribution in [0.4, 0.5) is 0 Å². The van der Waals surface area contributed by atoms with Crippen molar-refractivity contribution in [3.63, 3.8) is 0 Å². The van der Waals surface area contributed by atoms with Crippen molar-refractivity contribution < 1.29 is 0 Å². The number of rotatable bonds is 5. The highest BCUT2D eigenvalue weighted by atomic mass is 15.4. The summed E-state index contributed by atoms with van der Waals surface area (Å²) in [6, 6.07) is 30.2. The Labute approximate surface area is 275 Å². The minimum atomic E-state index is -0.0293. The number of nitrogens with zero attached hydrogens (tertiary/aromatic N) is 5. The molecule has 4 aliphatic heterocycles. The lowest BCUT2D eigenvalue weighted by molar-refractivity contribution is 0.348. The zero-order chi connectivity index (χ0) is 31.2. The molecule has 4 atom stereocenters. The SMILES string of the molecule is C1=CCC(c2cc(-c3ccc(C4=NC5=C(C=CCC5)C5NC6C=CC=CN6C45)cc3)nc(-c3ccc(-c4ccccc4)cc3)n2)N=C1. The van der Waals surface area contributed by atoms with Crippen LogP contribution in [-0.2, 0) is 0 Å². The van der Waals surface area contributed by atoms with E-state index in [0.29, 0.717) is 5.82 Å². The second kappa shape index (κ2) is 11.7. The zero-order valence-corrected chi connectivity index (χ0v) is 25.9. The average molecular weight is 611 g/mol. The summed E-state index contributed by atoms with van der Waals surface area (Å²) < 4.78 is 0. The van der Waals surface area contributed by atoms with Gasteiger partial charge in [-0.1, -0.05) is 103 Å².